The molecule has 0 radical (unpaired) electrons. The van der Waals surface area contributed by atoms with Gasteiger partial charge in [-0.1, -0.05) is 12.2 Å². The topological polar surface area (TPSA) is 143 Å². The van der Waals surface area contributed by atoms with E-state index in [0.29, 0.717) is 47.1 Å². The second-order valence-electron chi connectivity index (χ2n) is 11.7. The normalized spacial score (nSPS) is 21.3. The van der Waals surface area contributed by atoms with Gasteiger partial charge >= 0.3 is 12.0 Å². The lowest BCUT2D eigenvalue weighted by Gasteiger charge is -2.29. The maximum atomic E-state index is 13.7. The molecule has 3 amide bonds. The highest BCUT2D eigenvalue weighted by molar-refractivity contribution is 5.91. The van der Waals surface area contributed by atoms with Crippen LogP contribution in [0.5, 0.6) is 17.4 Å². The second-order valence-corrected chi connectivity index (χ2v) is 11.7. The minimum absolute atomic E-state index is 0.124. The van der Waals surface area contributed by atoms with E-state index in [9.17, 15) is 19.5 Å². The molecule has 3 unspecified atom stereocenters. The average molecular weight is 632 g/mol. The first-order valence-corrected chi connectivity index (χ1v) is 15.6. The van der Waals surface area contributed by atoms with Crippen molar-refractivity contribution in [1.82, 2.24) is 25.1 Å². The van der Waals surface area contributed by atoms with E-state index < -0.39 is 30.1 Å². The fraction of sp³-hybridized carbons (Fsp3) is 0.441. The first kappa shape index (κ1) is 32.5. The molecule has 0 bridgehead atoms. The Balaban J connectivity index is 1.49. The van der Waals surface area contributed by atoms with Crippen molar-refractivity contribution in [3.63, 3.8) is 0 Å². The SMILES string of the molecule is COc1ccc(-c2nc(OC3CC4C(=O)NC(C(=O)O)CCC=CCCCCN(C)C(=O)N4C3)c3ccc(OC)c(C)c3n2)cc1. The lowest BCUT2D eigenvalue weighted by atomic mass is 10.1. The summed E-state index contributed by atoms with van der Waals surface area (Å²) in [4.78, 5) is 52.0. The van der Waals surface area contributed by atoms with Crippen LogP contribution in [0.15, 0.2) is 48.6 Å². The fourth-order valence-electron chi connectivity index (χ4n) is 5.92. The van der Waals surface area contributed by atoms with Gasteiger partial charge in [-0.3, -0.25) is 4.79 Å². The van der Waals surface area contributed by atoms with Crippen molar-refractivity contribution in [2.45, 2.75) is 63.6 Å². The zero-order valence-electron chi connectivity index (χ0n) is 26.7. The maximum absolute atomic E-state index is 13.7. The van der Waals surface area contributed by atoms with Crippen molar-refractivity contribution >= 4 is 28.8 Å². The lowest BCUT2D eigenvalue weighted by molar-refractivity contribution is -0.142. The molecule has 2 aliphatic heterocycles. The van der Waals surface area contributed by atoms with Gasteiger partial charge in [-0.05, 0) is 75.4 Å². The predicted molar refractivity (Wildman–Crippen MR) is 172 cm³/mol. The number of amides is 3. The Morgan fingerprint density at radius 3 is 2.48 bits per heavy atom. The minimum atomic E-state index is -1.11. The number of hydrogen-bond acceptors (Lipinski definition) is 8. The molecule has 3 aromatic rings. The molecule has 2 aliphatic rings. The van der Waals surface area contributed by atoms with E-state index in [1.807, 2.05) is 55.5 Å². The first-order chi connectivity index (χ1) is 22.2. The largest absolute Gasteiger partial charge is 0.497 e. The summed E-state index contributed by atoms with van der Waals surface area (Å²) in [5.74, 6) is 0.468. The maximum Gasteiger partial charge on any atom is 0.326 e. The number of nitrogens with zero attached hydrogens (tertiary/aromatic N) is 4. The first-order valence-electron chi connectivity index (χ1n) is 15.6. The van der Waals surface area contributed by atoms with Gasteiger partial charge in [0.2, 0.25) is 11.8 Å². The third-order valence-electron chi connectivity index (χ3n) is 8.54. The third kappa shape index (κ3) is 7.16. The number of hydrogen-bond donors (Lipinski definition) is 2. The Hall–Kier alpha value is -4.87. The van der Waals surface area contributed by atoms with Gasteiger partial charge in [-0.15, -0.1) is 0 Å². The number of benzene rings is 2. The Kier molecular flexibility index (Phi) is 10.2. The Bertz CT molecular complexity index is 1610. The number of carbonyl (C=O) groups is 3. The van der Waals surface area contributed by atoms with Crippen LogP contribution < -0.4 is 19.5 Å². The van der Waals surface area contributed by atoms with Crippen LogP contribution in [0.25, 0.3) is 22.3 Å². The van der Waals surface area contributed by atoms with Gasteiger partial charge in [0.05, 0.1) is 31.7 Å². The van der Waals surface area contributed by atoms with Crippen molar-refractivity contribution < 1.29 is 33.7 Å². The summed E-state index contributed by atoms with van der Waals surface area (Å²) in [5, 5.41) is 13.2. The van der Waals surface area contributed by atoms with Gasteiger partial charge < -0.3 is 34.4 Å². The van der Waals surface area contributed by atoms with Gasteiger partial charge in [0, 0.05) is 31.1 Å². The van der Waals surface area contributed by atoms with Crippen molar-refractivity contribution in [2.24, 2.45) is 0 Å². The molecule has 46 heavy (non-hydrogen) atoms. The van der Waals surface area contributed by atoms with Crippen LogP contribution >= 0.6 is 0 Å². The van der Waals surface area contributed by atoms with Gasteiger partial charge in [-0.25, -0.2) is 14.6 Å². The van der Waals surface area contributed by atoms with E-state index in [4.69, 9.17) is 24.2 Å². The molecule has 2 aromatic carbocycles. The van der Waals surface area contributed by atoms with Crippen LogP contribution in [0, 0.1) is 6.92 Å². The molecule has 1 fully saturated rings. The van der Waals surface area contributed by atoms with Crippen LogP contribution in [-0.4, -0.2) is 95.3 Å². The monoisotopic (exact) mass is 631 g/mol. The van der Waals surface area contributed by atoms with Crippen LogP contribution in [0.4, 0.5) is 4.79 Å². The van der Waals surface area contributed by atoms with E-state index in [2.05, 4.69) is 5.32 Å². The minimum Gasteiger partial charge on any atom is -0.497 e. The molecule has 0 spiro atoms. The summed E-state index contributed by atoms with van der Waals surface area (Å²) >= 11 is 0. The molecule has 1 saturated heterocycles. The predicted octanol–water partition coefficient (Wildman–Crippen LogP) is 4.59. The summed E-state index contributed by atoms with van der Waals surface area (Å²) in [6.07, 6.45) is 6.86. The molecule has 5 rings (SSSR count). The van der Waals surface area contributed by atoms with Gasteiger partial charge in [0.15, 0.2) is 5.82 Å². The molecule has 3 atom stereocenters. The van der Waals surface area contributed by atoms with Crippen LogP contribution in [-0.2, 0) is 9.59 Å². The number of aromatic nitrogens is 2. The number of aryl methyl sites for hydroxylation is 1. The van der Waals surface area contributed by atoms with Crippen LogP contribution in [0.2, 0.25) is 0 Å². The van der Waals surface area contributed by atoms with Crippen molar-refractivity contribution in [1.29, 1.82) is 0 Å². The smallest absolute Gasteiger partial charge is 0.326 e. The highest BCUT2D eigenvalue weighted by atomic mass is 16.5. The van der Waals surface area contributed by atoms with E-state index >= 15 is 0 Å². The number of urea groups is 1. The number of allylic oxidation sites excluding steroid dienone is 2. The van der Waals surface area contributed by atoms with Gasteiger partial charge in [0.1, 0.15) is 29.7 Å². The quantitative estimate of drug-likeness (QED) is 0.374. The summed E-state index contributed by atoms with van der Waals surface area (Å²) in [6.45, 7) is 2.57. The zero-order chi connectivity index (χ0) is 32.8. The number of aliphatic carboxylic acids is 1. The third-order valence-corrected chi connectivity index (χ3v) is 8.54. The second kappa shape index (κ2) is 14.5. The molecule has 3 heterocycles. The summed E-state index contributed by atoms with van der Waals surface area (Å²) in [5.41, 5.74) is 2.21. The average Bonchev–Trinajstić information content (AvgIpc) is 3.48. The van der Waals surface area contributed by atoms with E-state index in [0.717, 1.165) is 30.4 Å². The molecule has 0 saturated carbocycles. The fourth-order valence-corrected chi connectivity index (χ4v) is 5.92. The Morgan fingerprint density at radius 2 is 1.76 bits per heavy atom. The highest BCUT2D eigenvalue weighted by Gasteiger charge is 2.43. The van der Waals surface area contributed by atoms with E-state index in [1.165, 1.54) is 4.90 Å². The van der Waals surface area contributed by atoms with Crippen LogP contribution in [0.1, 0.15) is 44.1 Å². The molecular formula is C34H41N5O7. The van der Waals surface area contributed by atoms with Crippen molar-refractivity contribution in [3.8, 4) is 28.8 Å². The van der Waals surface area contributed by atoms with Gasteiger partial charge in [-0.2, -0.15) is 4.98 Å². The number of rotatable bonds is 6. The molecule has 12 heteroatoms. The van der Waals surface area contributed by atoms with Crippen LogP contribution in [0.3, 0.4) is 0 Å². The lowest BCUT2D eigenvalue weighted by Crippen LogP contribution is -2.53. The summed E-state index contributed by atoms with van der Waals surface area (Å²) in [7, 11) is 4.91. The summed E-state index contributed by atoms with van der Waals surface area (Å²) in [6, 6.07) is 8.73. The molecule has 2 N–H and O–H groups in total. The number of nitrogens with one attached hydrogen (secondary N) is 1. The highest BCUT2D eigenvalue weighted by Crippen LogP contribution is 2.35. The van der Waals surface area contributed by atoms with E-state index in [-0.39, 0.29) is 25.4 Å². The molecule has 0 aliphatic carbocycles. The number of carbonyl (C=O) groups excluding carboxylic acids is 2. The van der Waals surface area contributed by atoms with Crippen molar-refractivity contribution in [2.75, 3.05) is 34.4 Å². The van der Waals surface area contributed by atoms with E-state index in [1.54, 1.807) is 26.2 Å². The number of carboxylic acid groups (broad SMARTS) is 1. The Morgan fingerprint density at radius 1 is 1.00 bits per heavy atom. The number of methoxy groups -OCH3 is 2. The Labute approximate surface area is 268 Å². The molecule has 244 valence electrons. The number of fused-ring (bicyclic) bond motifs is 2. The number of ether oxygens (including phenoxy) is 3. The van der Waals surface area contributed by atoms with Gasteiger partial charge in [0.25, 0.3) is 0 Å². The number of carboxylic acids is 1. The zero-order valence-corrected chi connectivity index (χ0v) is 26.7. The molecular weight excluding hydrogens is 590 g/mol. The van der Waals surface area contributed by atoms with Crippen molar-refractivity contribution in [3.05, 3.63) is 54.1 Å². The summed E-state index contributed by atoms with van der Waals surface area (Å²) < 4.78 is 17.4. The molecule has 1 aromatic heterocycles. The standard InChI is InChI=1S/C34H41N5O7/c1-21-28(45-4)17-16-25-29(21)36-30(22-12-14-23(44-3)15-13-22)37-32(25)46-24-19-27-31(40)35-26(33(41)42)11-9-7-5-6-8-10-18-38(2)34(43)39(27)20-24/h5,7,12-17,24,26-27H,6,8-11,18-20H2,1-4H3,(H,35,40)(H,41,42). The molecule has 12 nitrogen and oxygen atoms in total.